The molecule has 1 aromatic rings. The van der Waals surface area contributed by atoms with Gasteiger partial charge in [0.2, 0.25) is 0 Å². The van der Waals surface area contributed by atoms with E-state index in [-0.39, 0.29) is 24.7 Å². The summed E-state index contributed by atoms with van der Waals surface area (Å²) < 4.78 is 16.5. The first-order valence-corrected chi connectivity index (χ1v) is 8.78. The van der Waals surface area contributed by atoms with Gasteiger partial charge >= 0.3 is 12.1 Å². The Morgan fingerprint density at radius 1 is 1.24 bits per heavy atom. The number of ether oxygens (including phenoxy) is 3. The summed E-state index contributed by atoms with van der Waals surface area (Å²) in [5, 5.41) is 2.94. The second-order valence-electron chi connectivity index (χ2n) is 7.59. The molecule has 2 aliphatic rings. The van der Waals surface area contributed by atoms with E-state index in [9.17, 15) is 9.59 Å². The molecule has 1 saturated carbocycles. The number of alkyl carbamates (subject to hydrolysis) is 1. The van der Waals surface area contributed by atoms with Gasteiger partial charge in [0, 0.05) is 5.56 Å². The topological polar surface area (TPSA) is 73.9 Å². The number of amides is 1. The van der Waals surface area contributed by atoms with Crippen LogP contribution in [-0.4, -0.2) is 29.8 Å². The zero-order chi connectivity index (χ0) is 18.0. The summed E-state index contributed by atoms with van der Waals surface area (Å²) >= 11 is 0. The molecule has 0 aromatic heterocycles. The highest BCUT2D eigenvalue weighted by molar-refractivity contribution is 5.93. The lowest BCUT2D eigenvalue weighted by molar-refractivity contribution is 0.0401. The molecule has 1 heterocycles. The third-order valence-corrected chi connectivity index (χ3v) is 4.35. The number of fused-ring (bicyclic) bond motifs is 1. The van der Waals surface area contributed by atoms with Crippen molar-refractivity contribution in [2.45, 2.75) is 70.8 Å². The molecule has 1 aromatic carbocycles. The first kappa shape index (κ1) is 17.6. The van der Waals surface area contributed by atoms with Gasteiger partial charge in [-0.05, 0) is 58.2 Å². The third kappa shape index (κ3) is 4.44. The molecule has 0 spiro atoms. The Morgan fingerprint density at radius 3 is 2.76 bits per heavy atom. The largest absolute Gasteiger partial charge is 0.488 e. The number of cyclic esters (lactones) is 1. The molecular weight excluding hydrogens is 322 g/mol. The summed E-state index contributed by atoms with van der Waals surface area (Å²) in [6.07, 6.45) is 3.30. The number of esters is 1. The molecule has 25 heavy (non-hydrogen) atoms. The molecular formula is C19H25NO5. The molecule has 6 heteroatoms. The highest BCUT2D eigenvalue weighted by Gasteiger charge is 2.30. The van der Waals surface area contributed by atoms with Crippen LogP contribution in [-0.2, 0) is 16.1 Å². The van der Waals surface area contributed by atoms with Crippen LogP contribution in [0.3, 0.4) is 0 Å². The van der Waals surface area contributed by atoms with Crippen molar-refractivity contribution in [2.24, 2.45) is 0 Å². The smallest absolute Gasteiger partial charge is 0.408 e. The van der Waals surface area contributed by atoms with Crippen LogP contribution in [0.4, 0.5) is 4.79 Å². The predicted molar refractivity (Wildman–Crippen MR) is 91.6 cm³/mol. The molecule has 0 bridgehead atoms. The summed E-state index contributed by atoms with van der Waals surface area (Å²) in [6.45, 7) is 5.82. The van der Waals surface area contributed by atoms with Gasteiger partial charge in [0.05, 0.1) is 11.6 Å². The normalized spacial score (nSPS) is 22.8. The van der Waals surface area contributed by atoms with Gasteiger partial charge in [0.15, 0.2) is 0 Å². The van der Waals surface area contributed by atoms with E-state index in [1.54, 1.807) is 12.1 Å². The van der Waals surface area contributed by atoms with Crippen LogP contribution < -0.4 is 10.1 Å². The van der Waals surface area contributed by atoms with Crippen LogP contribution in [0.5, 0.6) is 5.75 Å². The fraction of sp³-hybridized carbons (Fsp3) is 0.579. The minimum absolute atomic E-state index is 0.0882. The molecule has 1 amide bonds. The Labute approximate surface area is 147 Å². The minimum atomic E-state index is -0.526. The van der Waals surface area contributed by atoms with Crippen LogP contribution >= 0.6 is 0 Å². The van der Waals surface area contributed by atoms with Crippen molar-refractivity contribution >= 4 is 12.1 Å². The molecule has 136 valence electrons. The molecule has 6 nitrogen and oxygen atoms in total. The molecule has 1 aliphatic heterocycles. The Kier molecular flexibility index (Phi) is 4.88. The standard InChI is InChI=1S/C19H25NO5/c1-19(2,3)25-18(22)20-15-6-4-5-7-16(15)24-13-8-9-14-12(10-13)11-23-17(14)21/h8-10,15-16H,4-7,11H2,1-3H3,(H,20,22)/t15-,16-/m0/s1. The summed E-state index contributed by atoms with van der Waals surface area (Å²) in [6, 6.07) is 5.28. The maximum atomic E-state index is 12.1. The molecule has 2 atom stereocenters. The van der Waals surface area contributed by atoms with Crippen LogP contribution in [0, 0.1) is 0 Å². The van der Waals surface area contributed by atoms with Gasteiger partial charge in [0.1, 0.15) is 24.1 Å². The van der Waals surface area contributed by atoms with Gasteiger partial charge in [-0.15, -0.1) is 0 Å². The van der Waals surface area contributed by atoms with E-state index in [4.69, 9.17) is 14.2 Å². The number of carbonyl (C=O) groups is 2. The third-order valence-electron chi connectivity index (χ3n) is 4.35. The number of hydrogen-bond acceptors (Lipinski definition) is 5. The molecule has 1 N–H and O–H groups in total. The van der Waals surface area contributed by atoms with E-state index < -0.39 is 11.7 Å². The quantitative estimate of drug-likeness (QED) is 0.846. The van der Waals surface area contributed by atoms with Crippen LogP contribution in [0.2, 0.25) is 0 Å². The van der Waals surface area contributed by atoms with E-state index in [0.29, 0.717) is 11.3 Å². The minimum Gasteiger partial charge on any atom is -0.488 e. The Morgan fingerprint density at radius 2 is 2.00 bits per heavy atom. The van der Waals surface area contributed by atoms with Gasteiger partial charge in [-0.3, -0.25) is 0 Å². The van der Waals surface area contributed by atoms with Crippen molar-refractivity contribution in [3.8, 4) is 5.75 Å². The average Bonchev–Trinajstić information content (AvgIpc) is 2.88. The average molecular weight is 347 g/mol. The lowest BCUT2D eigenvalue weighted by Gasteiger charge is -2.33. The van der Waals surface area contributed by atoms with Crippen LogP contribution in [0.1, 0.15) is 62.4 Å². The summed E-state index contributed by atoms with van der Waals surface area (Å²) in [5.41, 5.74) is 0.913. The van der Waals surface area contributed by atoms with Gasteiger partial charge in [0.25, 0.3) is 0 Å². The van der Waals surface area contributed by atoms with E-state index in [1.165, 1.54) is 0 Å². The fourth-order valence-electron chi connectivity index (χ4n) is 3.22. The summed E-state index contributed by atoms with van der Waals surface area (Å²) in [5.74, 6) is 0.406. The zero-order valence-corrected chi connectivity index (χ0v) is 15.0. The molecule has 0 saturated heterocycles. The zero-order valence-electron chi connectivity index (χ0n) is 15.0. The monoisotopic (exact) mass is 347 g/mol. The summed E-state index contributed by atoms with van der Waals surface area (Å²) in [7, 11) is 0. The van der Waals surface area contributed by atoms with Crippen molar-refractivity contribution in [1.82, 2.24) is 5.32 Å². The van der Waals surface area contributed by atoms with Crippen LogP contribution in [0.25, 0.3) is 0 Å². The van der Waals surface area contributed by atoms with Gasteiger partial charge < -0.3 is 19.5 Å². The Bertz CT molecular complexity index is 664. The number of benzene rings is 1. The first-order chi connectivity index (χ1) is 11.8. The molecule has 1 fully saturated rings. The SMILES string of the molecule is CC(C)(C)OC(=O)N[C@H]1CCCC[C@@H]1Oc1ccc2c(c1)COC2=O. The van der Waals surface area contributed by atoms with E-state index >= 15 is 0 Å². The number of carbonyl (C=O) groups excluding carboxylic acids is 2. The second kappa shape index (κ2) is 6.94. The van der Waals surface area contributed by atoms with Crippen molar-refractivity contribution in [1.29, 1.82) is 0 Å². The Hall–Kier alpha value is -2.24. The molecule has 0 unspecified atom stereocenters. The van der Waals surface area contributed by atoms with Gasteiger partial charge in [-0.2, -0.15) is 0 Å². The van der Waals surface area contributed by atoms with Crippen LogP contribution in [0.15, 0.2) is 18.2 Å². The molecule has 1 aliphatic carbocycles. The van der Waals surface area contributed by atoms with Crippen molar-refractivity contribution in [3.63, 3.8) is 0 Å². The van der Waals surface area contributed by atoms with Crippen molar-refractivity contribution in [3.05, 3.63) is 29.3 Å². The fourth-order valence-corrected chi connectivity index (χ4v) is 3.22. The van der Waals surface area contributed by atoms with E-state index in [1.807, 2.05) is 26.8 Å². The number of rotatable bonds is 3. The molecule has 0 radical (unpaired) electrons. The number of nitrogens with one attached hydrogen (secondary N) is 1. The highest BCUT2D eigenvalue weighted by atomic mass is 16.6. The van der Waals surface area contributed by atoms with Gasteiger partial charge in [-0.1, -0.05) is 6.42 Å². The second-order valence-corrected chi connectivity index (χ2v) is 7.59. The van der Waals surface area contributed by atoms with Gasteiger partial charge in [-0.25, -0.2) is 9.59 Å². The molecule has 3 rings (SSSR count). The highest BCUT2D eigenvalue weighted by Crippen LogP contribution is 2.28. The Balaban J connectivity index is 1.65. The maximum absolute atomic E-state index is 12.1. The van der Waals surface area contributed by atoms with Crippen molar-refractivity contribution in [2.75, 3.05) is 0 Å². The van der Waals surface area contributed by atoms with E-state index in [2.05, 4.69) is 5.32 Å². The summed E-state index contributed by atoms with van der Waals surface area (Å²) in [4.78, 5) is 23.6. The lowest BCUT2D eigenvalue weighted by Crippen LogP contribution is -2.49. The predicted octanol–water partition coefficient (Wildman–Crippen LogP) is 3.57. The van der Waals surface area contributed by atoms with E-state index in [0.717, 1.165) is 31.2 Å². The lowest BCUT2D eigenvalue weighted by atomic mass is 9.92. The maximum Gasteiger partial charge on any atom is 0.408 e. The van der Waals surface area contributed by atoms with Crippen molar-refractivity contribution < 1.29 is 23.8 Å². The first-order valence-electron chi connectivity index (χ1n) is 8.78. The number of hydrogen-bond donors (Lipinski definition) is 1.